The second kappa shape index (κ2) is 7.07. The highest BCUT2D eigenvalue weighted by Crippen LogP contribution is 2.39. The van der Waals surface area contributed by atoms with Crippen LogP contribution in [0.1, 0.15) is 11.5 Å². The average Bonchev–Trinajstić information content (AvgIpc) is 2.35. The Morgan fingerprint density at radius 1 is 1.06 bits per heavy atom. The highest BCUT2D eigenvalue weighted by molar-refractivity contribution is 14.1. The lowest BCUT2D eigenvalue weighted by Gasteiger charge is -2.32. The maximum atomic E-state index is 13.1. The number of hydrogen-bond acceptors (Lipinski definition) is 0. The Labute approximate surface area is 125 Å². The molecule has 0 spiro atoms. The SMILES string of the molecule is FCC(c1cc(Br)cc(I)c1)C(CF)(CF)CF. The van der Waals surface area contributed by atoms with Crippen LogP contribution >= 0.6 is 38.5 Å². The monoisotopic (exact) mass is 438 g/mol. The van der Waals surface area contributed by atoms with Gasteiger partial charge in [-0.05, 0) is 46.4 Å². The van der Waals surface area contributed by atoms with Crippen molar-refractivity contribution in [3.8, 4) is 0 Å². The van der Waals surface area contributed by atoms with Gasteiger partial charge in [-0.15, -0.1) is 0 Å². The molecule has 6 heteroatoms. The molecule has 1 unspecified atom stereocenters. The van der Waals surface area contributed by atoms with E-state index in [1.165, 1.54) is 0 Å². The Kier molecular flexibility index (Phi) is 6.37. The quantitative estimate of drug-likeness (QED) is 0.433. The summed E-state index contributed by atoms with van der Waals surface area (Å²) in [7, 11) is 0. The van der Waals surface area contributed by atoms with Crippen LogP contribution < -0.4 is 0 Å². The van der Waals surface area contributed by atoms with E-state index in [1.54, 1.807) is 18.2 Å². The van der Waals surface area contributed by atoms with E-state index in [-0.39, 0.29) is 0 Å². The Bertz CT molecular complexity index is 367. The summed E-state index contributed by atoms with van der Waals surface area (Å²) in [6.07, 6.45) is 0. The molecule has 0 aliphatic rings. The van der Waals surface area contributed by atoms with E-state index >= 15 is 0 Å². The fourth-order valence-corrected chi connectivity index (χ4v) is 3.40. The van der Waals surface area contributed by atoms with Crippen LogP contribution in [0, 0.1) is 8.99 Å². The zero-order valence-electron chi connectivity index (χ0n) is 9.41. The minimum Gasteiger partial charge on any atom is -0.250 e. The van der Waals surface area contributed by atoms with Gasteiger partial charge in [-0.25, -0.2) is 0 Å². The second-order valence-electron chi connectivity index (χ2n) is 4.17. The minimum atomic E-state index is -1.92. The van der Waals surface area contributed by atoms with Crippen molar-refractivity contribution < 1.29 is 17.6 Å². The van der Waals surface area contributed by atoms with Gasteiger partial charge in [-0.1, -0.05) is 15.9 Å². The molecule has 0 aromatic heterocycles. The van der Waals surface area contributed by atoms with Crippen molar-refractivity contribution in [3.05, 3.63) is 31.8 Å². The lowest BCUT2D eigenvalue weighted by atomic mass is 9.75. The maximum Gasteiger partial charge on any atom is 0.101 e. The molecule has 0 amide bonds. The molecule has 1 aromatic rings. The molecule has 0 saturated carbocycles. The summed E-state index contributed by atoms with van der Waals surface area (Å²) in [4.78, 5) is 0. The second-order valence-corrected chi connectivity index (χ2v) is 6.33. The molecule has 102 valence electrons. The summed E-state index contributed by atoms with van der Waals surface area (Å²) >= 11 is 5.25. The third-order valence-corrected chi connectivity index (χ3v) is 4.06. The molecule has 0 aliphatic heterocycles. The molecule has 0 aliphatic carbocycles. The zero-order chi connectivity index (χ0) is 13.8. The van der Waals surface area contributed by atoms with E-state index in [0.717, 1.165) is 3.57 Å². The Morgan fingerprint density at radius 3 is 2.00 bits per heavy atom. The average molecular weight is 439 g/mol. The maximum absolute atomic E-state index is 13.1. The van der Waals surface area contributed by atoms with Crippen LogP contribution in [0.25, 0.3) is 0 Å². The van der Waals surface area contributed by atoms with E-state index in [1.807, 2.05) is 22.6 Å². The highest BCUT2D eigenvalue weighted by Gasteiger charge is 2.41. The summed E-state index contributed by atoms with van der Waals surface area (Å²) in [6, 6.07) is 4.97. The van der Waals surface area contributed by atoms with Crippen molar-refractivity contribution in [2.24, 2.45) is 5.41 Å². The van der Waals surface area contributed by atoms with Gasteiger partial charge >= 0.3 is 0 Å². The summed E-state index contributed by atoms with van der Waals surface area (Å²) < 4.78 is 53.5. The van der Waals surface area contributed by atoms with Gasteiger partial charge in [0, 0.05) is 14.0 Å². The summed E-state index contributed by atoms with van der Waals surface area (Å²) in [5, 5.41) is 0. The first kappa shape index (κ1) is 16.2. The molecule has 0 radical (unpaired) electrons. The van der Waals surface area contributed by atoms with Crippen LogP contribution in [0.2, 0.25) is 0 Å². The molecule has 1 atom stereocenters. The van der Waals surface area contributed by atoms with Crippen LogP contribution in [-0.2, 0) is 0 Å². The Balaban J connectivity index is 3.22. The predicted molar refractivity (Wildman–Crippen MR) is 75.9 cm³/mol. The van der Waals surface area contributed by atoms with Gasteiger partial charge in [0.05, 0.1) is 12.1 Å². The molecule has 0 heterocycles. The van der Waals surface area contributed by atoms with Crippen molar-refractivity contribution in [2.75, 3.05) is 26.7 Å². The fourth-order valence-electron chi connectivity index (χ4n) is 1.77. The molecule has 0 nitrogen and oxygen atoms in total. The number of rotatable bonds is 6. The third-order valence-electron chi connectivity index (χ3n) is 2.98. The van der Waals surface area contributed by atoms with Crippen molar-refractivity contribution in [1.29, 1.82) is 0 Å². The van der Waals surface area contributed by atoms with Crippen LogP contribution in [-0.4, -0.2) is 26.7 Å². The normalized spacial score (nSPS) is 13.7. The van der Waals surface area contributed by atoms with E-state index in [9.17, 15) is 17.6 Å². The van der Waals surface area contributed by atoms with E-state index in [4.69, 9.17) is 0 Å². The fraction of sp³-hybridized carbons (Fsp3) is 0.500. The van der Waals surface area contributed by atoms with Gasteiger partial charge in [0.25, 0.3) is 0 Å². The van der Waals surface area contributed by atoms with Gasteiger partial charge < -0.3 is 0 Å². The number of halogens is 6. The van der Waals surface area contributed by atoms with Crippen LogP contribution in [0.4, 0.5) is 17.6 Å². The van der Waals surface area contributed by atoms with Crippen molar-refractivity contribution in [1.82, 2.24) is 0 Å². The molecule has 18 heavy (non-hydrogen) atoms. The molecule has 0 N–H and O–H groups in total. The molecular formula is C12H12BrF4I. The van der Waals surface area contributed by atoms with Gasteiger partial charge in [0.1, 0.15) is 20.0 Å². The van der Waals surface area contributed by atoms with Crippen LogP contribution in [0.15, 0.2) is 22.7 Å². The van der Waals surface area contributed by atoms with Crippen molar-refractivity contribution in [2.45, 2.75) is 5.92 Å². The minimum absolute atomic E-state index is 0.407. The summed E-state index contributed by atoms with van der Waals surface area (Å²) in [5.74, 6) is -1.12. The summed E-state index contributed by atoms with van der Waals surface area (Å²) in [6.45, 7) is -4.67. The first-order chi connectivity index (χ1) is 8.52. The molecular weight excluding hydrogens is 427 g/mol. The number of alkyl halides is 4. The topological polar surface area (TPSA) is 0 Å². The lowest BCUT2D eigenvalue weighted by Crippen LogP contribution is -2.37. The molecule has 0 bridgehead atoms. The molecule has 1 rings (SSSR count). The van der Waals surface area contributed by atoms with Crippen molar-refractivity contribution in [3.63, 3.8) is 0 Å². The van der Waals surface area contributed by atoms with Crippen LogP contribution in [0.3, 0.4) is 0 Å². The van der Waals surface area contributed by atoms with E-state index in [0.29, 0.717) is 10.0 Å². The lowest BCUT2D eigenvalue weighted by molar-refractivity contribution is 0.0690. The zero-order valence-corrected chi connectivity index (χ0v) is 13.1. The van der Waals surface area contributed by atoms with Gasteiger partial charge in [-0.2, -0.15) is 0 Å². The smallest absolute Gasteiger partial charge is 0.101 e. The number of benzene rings is 1. The standard InChI is InChI=1S/C12H12BrF4I/c13-9-1-8(2-10(18)3-9)11(4-14)12(5-15,6-16)7-17/h1-3,11H,4-7H2. The Hall–Kier alpha value is 0.150. The van der Waals surface area contributed by atoms with Gasteiger partial charge in [-0.3, -0.25) is 17.6 Å². The highest BCUT2D eigenvalue weighted by atomic mass is 127. The third kappa shape index (κ3) is 3.37. The van der Waals surface area contributed by atoms with Crippen LogP contribution in [0.5, 0.6) is 0 Å². The Morgan fingerprint density at radius 2 is 1.61 bits per heavy atom. The molecule has 1 aromatic carbocycles. The predicted octanol–water partition coefficient (Wildman–Crippen LogP) is 5.00. The van der Waals surface area contributed by atoms with E-state index in [2.05, 4.69) is 15.9 Å². The number of hydrogen-bond donors (Lipinski definition) is 0. The first-order valence-corrected chi connectivity index (χ1v) is 7.10. The first-order valence-electron chi connectivity index (χ1n) is 5.23. The largest absolute Gasteiger partial charge is 0.250 e. The van der Waals surface area contributed by atoms with E-state index < -0.39 is 38.0 Å². The molecule has 0 fully saturated rings. The van der Waals surface area contributed by atoms with Crippen molar-refractivity contribution >= 4 is 38.5 Å². The summed E-state index contributed by atoms with van der Waals surface area (Å²) in [5.41, 5.74) is -1.51. The van der Waals surface area contributed by atoms with Gasteiger partial charge in [0.2, 0.25) is 0 Å². The molecule has 0 saturated heterocycles. The van der Waals surface area contributed by atoms with Gasteiger partial charge in [0.15, 0.2) is 0 Å².